The molecule has 0 aliphatic heterocycles. The molecular formula is C19H21N3O4S2. The van der Waals surface area contributed by atoms with Crippen LogP contribution in [-0.4, -0.2) is 23.1 Å². The summed E-state index contributed by atoms with van der Waals surface area (Å²) in [5.74, 6) is -0.376. The van der Waals surface area contributed by atoms with Gasteiger partial charge in [-0.15, -0.1) is 11.3 Å². The molecule has 1 heterocycles. The van der Waals surface area contributed by atoms with Gasteiger partial charge in [0.2, 0.25) is 0 Å². The summed E-state index contributed by atoms with van der Waals surface area (Å²) in [6, 6.07) is 6.09. The highest BCUT2D eigenvalue weighted by atomic mass is 32.1. The molecule has 0 saturated heterocycles. The first-order valence-electron chi connectivity index (χ1n) is 9.05. The standard InChI is InChI=1S/C19H21N3O4S2/c1-26-18(23)16-14-9-4-2-3-5-10-15(14)28-17(16)21-19(27)20-12-7-6-8-13(11-12)22(24)25/h6-8,11H,2-5,9-10H2,1H3,(H2,20,21,27). The number of thiocarbonyl (C=S) groups is 1. The fraction of sp³-hybridized carbons (Fsp3) is 0.368. The number of nitro benzene ring substituents is 1. The van der Waals surface area contributed by atoms with E-state index in [4.69, 9.17) is 17.0 Å². The number of fused-ring (bicyclic) bond motifs is 1. The van der Waals surface area contributed by atoms with Crippen molar-refractivity contribution in [3.63, 3.8) is 0 Å². The van der Waals surface area contributed by atoms with Crippen molar-refractivity contribution < 1.29 is 14.5 Å². The van der Waals surface area contributed by atoms with Crippen molar-refractivity contribution in [2.75, 3.05) is 17.7 Å². The monoisotopic (exact) mass is 419 g/mol. The van der Waals surface area contributed by atoms with Crippen LogP contribution in [0.25, 0.3) is 0 Å². The van der Waals surface area contributed by atoms with Gasteiger partial charge in [-0.05, 0) is 49.5 Å². The summed E-state index contributed by atoms with van der Waals surface area (Å²) in [5, 5.41) is 17.9. The van der Waals surface area contributed by atoms with E-state index in [1.54, 1.807) is 12.1 Å². The molecule has 0 spiro atoms. The number of hydrogen-bond acceptors (Lipinski definition) is 6. The summed E-state index contributed by atoms with van der Waals surface area (Å²) < 4.78 is 5.00. The second-order valence-corrected chi connectivity index (χ2v) is 8.01. The van der Waals surface area contributed by atoms with Gasteiger partial charge < -0.3 is 15.4 Å². The van der Waals surface area contributed by atoms with Crippen LogP contribution in [0, 0.1) is 10.1 Å². The smallest absolute Gasteiger partial charge is 0.341 e. The Morgan fingerprint density at radius 2 is 1.96 bits per heavy atom. The lowest BCUT2D eigenvalue weighted by molar-refractivity contribution is -0.384. The van der Waals surface area contributed by atoms with Gasteiger partial charge in [0.1, 0.15) is 5.00 Å². The number of esters is 1. The van der Waals surface area contributed by atoms with Crippen molar-refractivity contribution in [3.05, 3.63) is 50.4 Å². The summed E-state index contributed by atoms with van der Waals surface area (Å²) in [5.41, 5.74) is 2.08. The molecule has 148 valence electrons. The minimum atomic E-state index is -0.462. The summed E-state index contributed by atoms with van der Waals surface area (Å²) >= 11 is 6.89. The van der Waals surface area contributed by atoms with Gasteiger partial charge >= 0.3 is 5.97 Å². The molecule has 1 aliphatic rings. The van der Waals surface area contributed by atoms with E-state index in [0.29, 0.717) is 16.3 Å². The Morgan fingerprint density at radius 1 is 1.21 bits per heavy atom. The number of carbonyl (C=O) groups excluding carboxylic acids is 1. The molecular weight excluding hydrogens is 398 g/mol. The van der Waals surface area contributed by atoms with Crippen LogP contribution in [0.5, 0.6) is 0 Å². The summed E-state index contributed by atoms with van der Waals surface area (Å²) in [6.45, 7) is 0. The highest BCUT2D eigenvalue weighted by Gasteiger charge is 2.25. The first kappa shape index (κ1) is 20.2. The van der Waals surface area contributed by atoms with Gasteiger partial charge in [-0.2, -0.15) is 0 Å². The van der Waals surface area contributed by atoms with Crippen LogP contribution in [0.4, 0.5) is 16.4 Å². The molecule has 7 nitrogen and oxygen atoms in total. The predicted octanol–water partition coefficient (Wildman–Crippen LogP) is 4.91. The topological polar surface area (TPSA) is 93.5 Å². The maximum atomic E-state index is 12.4. The summed E-state index contributed by atoms with van der Waals surface area (Å²) in [4.78, 5) is 24.1. The molecule has 0 atom stereocenters. The van der Waals surface area contributed by atoms with Crippen molar-refractivity contribution in [1.29, 1.82) is 0 Å². The maximum absolute atomic E-state index is 12.4. The van der Waals surface area contributed by atoms with Crippen molar-refractivity contribution >= 4 is 51.0 Å². The Balaban J connectivity index is 1.83. The second kappa shape index (κ2) is 9.11. The van der Waals surface area contributed by atoms with Gasteiger partial charge in [-0.25, -0.2) is 4.79 Å². The zero-order chi connectivity index (χ0) is 20.1. The van der Waals surface area contributed by atoms with Gasteiger partial charge in [0.25, 0.3) is 5.69 Å². The number of ether oxygens (including phenoxy) is 1. The third-order valence-corrected chi connectivity index (χ3v) is 6.01. The average molecular weight is 420 g/mol. The molecule has 0 saturated carbocycles. The van der Waals surface area contributed by atoms with Gasteiger partial charge in [0, 0.05) is 22.7 Å². The Bertz CT molecular complexity index is 911. The third kappa shape index (κ3) is 4.66. The van der Waals surface area contributed by atoms with Gasteiger partial charge in [0.05, 0.1) is 17.6 Å². The molecule has 0 amide bonds. The van der Waals surface area contributed by atoms with Crippen LogP contribution < -0.4 is 10.6 Å². The number of thiophene rings is 1. The first-order chi connectivity index (χ1) is 13.5. The lowest BCUT2D eigenvalue weighted by Gasteiger charge is -2.12. The number of anilines is 2. The van der Waals surface area contributed by atoms with Crippen LogP contribution in [-0.2, 0) is 17.6 Å². The molecule has 1 aromatic carbocycles. The highest BCUT2D eigenvalue weighted by molar-refractivity contribution is 7.80. The van der Waals surface area contributed by atoms with Crippen molar-refractivity contribution in [3.8, 4) is 0 Å². The van der Waals surface area contributed by atoms with Crippen LogP contribution in [0.2, 0.25) is 0 Å². The van der Waals surface area contributed by atoms with Gasteiger partial charge in [-0.1, -0.05) is 18.9 Å². The normalized spacial score (nSPS) is 13.6. The van der Waals surface area contributed by atoms with Crippen molar-refractivity contribution in [2.45, 2.75) is 38.5 Å². The molecule has 0 radical (unpaired) electrons. The molecule has 2 aromatic rings. The number of nitrogens with one attached hydrogen (secondary N) is 2. The molecule has 3 rings (SSSR count). The SMILES string of the molecule is COC(=O)c1c(NC(=S)Nc2cccc([N+](=O)[O-])c2)sc2c1CCCCCC2. The number of nitro groups is 1. The number of carbonyl (C=O) groups is 1. The number of benzene rings is 1. The summed E-state index contributed by atoms with van der Waals surface area (Å²) in [6.07, 6.45) is 6.29. The van der Waals surface area contributed by atoms with E-state index >= 15 is 0 Å². The number of aryl methyl sites for hydroxylation is 1. The van der Waals surface area contributed by atoms with Crippen molar-refractivity contribution in [1.82, 2.24) is 0 Å². The molecule has 2 N–H and O–H groups in total. The van der Waals surface area contributed by atoms with Crippen LogP contribution in [0.15, 0.2) is 24.3 Å². The van der Waals surface area contributed by atoms with Crippen LogP contribution in [0.3, 0.4) is 0 Å². The summed E-state index contributed by atoms with van der Waals surface area (Å²) in [7, 11) is 1.37. The molecule has 9 heteroatoms. The fourth-order valence-corrected chi connectivity index (χ4v) is 4.85. The van der Waals surface area contributed by atoms with Gasteiger partial charge in [-0.3, -0.25) is 10.1 Å². The number of rotatable bonds is 4. The molecule has 1 aliphatic carbocycles. The van der Waals surface area contributed by atoms with Crippen LogP contribution >= 0.6 is 23.6 Å². The molecule has 1 aromatic heterocycles. The van der Waals surface area contributed by atoms with Crippen LogP contribution in [0.1, 0.15) is 46.5 Å². The minimum Gasteiger partial charge on any atom is -0.465 e. The van der Waals surface area contributed by atoms with Gasteiger partial charge in [0.15, 0.2) is 5.11 Å². The molecule has 0 fully saturated rings. The number of nitrogens with zero attached hydrogens (tertiary/aromatic N) is 1. The number of methoxy groups -OCH3 is 1. The number of hydrogen-bond donors (Lipinski definition) is 2. The van der Waals surface area contributed by atoms with Crippen molar-refractivity contribution in [2.24, 2.45) is 0 Å². The lowest BCUT2D eigenvalue weighted by Crippen LogP contribution is -2.20. The molecule has 28 heavy (non-hydrogen) atoms. The average Bonchev–Trinajstić information content (AvgIpc) is 2.97. The van der Waals surface area contributed by atoms with E-state index in [9.17, 15) is 14.9 Å². The predicted molar refractivity (Wildman–Crippen MR) is 114 cm³/mol. The largest absolute Gasteiger partial charge is 0.465 e. The van der Waals surface area contributed by atoms with E-state index in [1.165, 1.54) is 41.9 Å². The first-order valence-corrected chi connectivity index (χ1v) is 10.3. The van der Waals surface area contributed by atoms with E-state index in [-0.39, 0.29) is 16.8 Å². The Morgan fingerprint density at radius 3 is 2.68 bits per heavy atom. The van der Waals surface area contributed by atoms with E-state index in [0.717, 1.165) is 37.7 Å². The van der Waals surface area contributed by atoms with E-state index in [2.05, 4.69) is 10.6 Å². The van der Waals surface area contributed by atoms with E-state index < -0.39 is 4.92 Å². The lowest BCUT2D eigenvalue weighted by atomic mass is 9.96. The number of non-ortho nitro benzene ring substituents is 1. The maximum Gasteiger partial charge on any atom is 0.341 e. The second-order valence-electron chi connectivity index (χ2n) is 6.50. The van der Waals surface area contributed by atoms with E-state index in [1.807, 2.05) is 0 Å². The molecule has 0 unspecified atom stereocenters. The quantitative estimate of drug-likeness (QED) is 0.315. The fourth-order valence-electron chi connectivity index (χ4n) is 3.29. The molecule has 0 bridgehead atoms. The zero-order valence-corrected chi connectivity index (χ0v) is 17.1. The Kier molecular flexibility index (Phi) is 6.58. The third-order valence-electron chi connectivity index (χ3n) is 4.60. The zero-order valence-electron chi connectivity index (χ0n) is 15.4. The Hall–Kier alpha value is -2.52. The highest BCUT2D eigenvalue weighted by Crippen LogP contribution is 2.37. The Labute approximate surface area is 172 Å². The minimum absolute atomic E-state index is 0.0258.